The highest BCUT2D eigenvalue weighted by atomic mass is 16.5. The van der Waals surface area contributed by atoms with Crippen LogP contribution in [0.3, 0.4) is 0 Å². The number of nitrogens with zero attached hydrogens (tertiary/aromatic N) is 1. The van der Waals surface area contributed by atoms with Gasteiger partial charge in [-0.3, -0.25) is 4.79 Å². The molecule has 2 N–H and O–H groups in total. The summed E-state index contributed by atoms with van der Waals surface area (Å²) in [6.07, 6.45) is 0.836. The molecule has 7 heteroatoms. The average molecular weight is 412 g/mol. The number of hydrogen-bond acceptors (Lipinski definition) is 4. The molecule has 0 bridgehead atoms. The maximum absolute atomic E-state index is 12.9. The van der Waals surface area contributed by atoms with Gasteiger partial charge in [-0.1, -0.05) is 19.1 Å². The number of hydrogen-bond donors (Lipinski definition) is 2. The number of anilines is 3. The van der Waals surface area contributed by atoms with Gasteiger partial charge in [0.2, 0.25) is 5.91 Å². The lowest BCUT2D eigenvalue weighted by atomic mass is 9.93. The van der Waals surface area contributed by atoms with Crippen molar-refractivity contribution in [3.8, 4) is 11.5 Å². The summed E-state index contributed by atoms with van der Waals surface area (Å²) in [4.78, 5) is 27.2. The van der Waals surface area contributed by atoms with E-state index in [1.54, 1.807) is 29.2 Å². The largest absolute Gasteiger partial charge is 0.492 e. The number of carbonyl (C=O) groups excluding carboxylic acids is 2. The third kappa shape index (κ3) is 4.67. The Morgan fingerprint density at radius 3 is 2.67 bits per heavy atom. The second kappa shape index (κ2) is 9.07. The summed E-state index contributed by atoms with van der Waals surface area (Å²) in [6.45, 7) is 9.08. The average Bonchev–Trinajstić information content (AvgIpc) is 2.80. The summed E-state index contributed by atoms with van der Waals surface area (Å²) in [5, 5.41) is 5.63. The molecule has 2 aromatic rings. The molecule has 0 saturated carbocycles. The molecule has 160 valence electrons. The molecule has 0 fully saturated rings. The van der Waals surface area contributed by atoms with Crippen LogP contribution >= 0.6 is 0 Å². The van der Waals surface area contributed by atoms with Gasteiger partial charge in [-0.15, -0.1) is 0 Å². The van der Waals surface area contributed by atoms with Crippen molar-refractivity contribution in [1.29, 1.82) is 0 Å². The highest BCUT2D eigenvalue weighted by molar-refractivity contribution is 6.02. The number of para-hydroxylation sites is 2. The summed E-state index contributed by atoms with van der Waals surface area (Å²) in [5.41, 5.74) is 1.26. The van der Waals surface area contributed by atoms with Gasteiger partial charge in [0, 0.05) is 18.3 Å². The quantitative estimate of drug-likeness (QED) is 0.709. The molecule has 0 saturated heterocycles. The number of carbonyl (C=O) groups is 2. The normalized spacial score (nSPS) is 14.9. The summed E-state index contributed by atoms with van der Waals surface area (Å²) in [5.74, 6) is 1.22. The summed E-state index contributed by atoms with van der Waals surface area (Å²) >= 11 is 0. The SMILES string of the molecule is CCCN1C(=O)C(C)(C)COc2cc(NC(=O)Nc3ccccc3OCC)ccc21. The Morgan fingerprint density at radius 2 is 1.93 bits per heavy atom. The van der Waals surface area contributed by atoms with Crippen LogP contribution in [-0.2, 0) is 4.79 Å². The first-order valence-corrected chi connectivity index (χ1v) is 10.2. The van der Waals surface area contributed by atoms with Crippen molar-refractivity contribution in [3.63, 3.8) is 0 Å². The third-order valence-electron chi connectivity index (χ3n) is 4.80. The fraction of sp³-hybridized carbons (Fsp3) is 0.391. The molecule has 0 spiro atoms. The molecule has 2 aromatic carbocycles. The number of benzene rings is 2. The number of fused-ring (bicyclic) bond motifs is 1. The summed E-state index contributed by atoms with van der Waals surface area (Å²) in [6, 6.07) is 12.2. The van der Waals surface area contributed by atoms with Crippen molar-refractivity contribution >= 4 is 29.0 Å². The predicted octanol–water partition coefficient (Wildman–Crippen LogP) is 4.89. The molecule has 0 aliphatic carbocycles. The first-order valence-electron chi connectivity index (χ1n) is 10.2. The van der Waals surface area contributed by atoms with Gasteiger partial charge in [0.25, 0.3) is 0 Å². The highest BCUT2D eigenvalue weighted by Crippen LogP contribution is 2.38. The van der Waals surface area contributed by atoms with Crippen LogP contribution in [0.5, 0.6) is 11.5 Å². The van der Waals surface area contributed by atoms with Crippen LogP contribution in [0.15, 0.2) is 42.5 Å². The highest BCUT2D eigenvalue weighted by Gasteiger charge is 2.37. The van der Waals surface area contributed by atoms with Crippen LogP contribution < -0.4 is 25.0 Å². The summed E-state index contributed by atoms with van der Waals surface area (Å²) < 4.78 is 11.5. The van der Waals surface area contributed by atoms with Gasteiger partial charge in [0.05, 0.1) is 23.4 Å². The number of amides is 3. The molecule has 0 radical (unpaired) electrons. The first kappa shape index (κ1) is 21.5. The first-order chi connectivity index (χ1) is 14.4. The Bertz CT molecular complexity index is 926. The lowest BCUT2D eigenvalue weighted by Crippen LogP contribution is -2.42. The zero-order chi connectivity index (χ0) is 21.7. The van der Waals surface area contributed by atoms with Crippen LogP contribution in [0.1, 0.15) is 34.1 Å². The van der Waals surface area contributed by atoms with Crippen molar-refractivity contribution < 1.29 is 19.1 Å². The Hall–Kier alpha value is -3.22. The van der Waals surface area contributed by atoms with Gasteiger partial charge in [-0.2, -0.15) is 0 Å². The fourth-order valence-electron chi connectivity index (χ4n) is 3.31. The van der Waals surface area contributed by atoms with E-state index in [1.165, 1.54) is 0 Å². The van der Waals surface area contributed by atoms with E-state index in [1.807, 2.05) is 45.9 Å². The molecule has 1 aliphatic heterocycles. The topological polar surface area (TPSA) is 79.9 Å². The van der Waals surface area contributed by atoms with Crippen LogP contribution in [0, 0.1) is 5.41 Å². The lowest BCUT2D eigenvalue weighted by molar-refractivity contribution is -0.127. The van der Waals surface area contributed by atoms with Crippen molar-refractivity contribution in [2.45, 2.75) is 34.1 Å². The molecule has 7 nitrogen and oxygen atoms in total. The molecule has 0 atom stereocenters. The minimum atomic E-state index is -0.623. The lowest BCUT2D eigenvalue weighted by Gasteiger charge is -2.27. The number of ether oxygens (including phenoxy) is 2. The second-order valence-electron chi connectivity index (χ2n) is 7.82. The molecule has 1 heterocycles. The van der Waals surface area contributed by atoms with Gasteiger partial charge in [0.15, 0.2) is 0 Å². The van der Waals surface area contributed by atoms with Crippen molar-refractivity contribution in [2.75, 3.05) is 35.3 Å². The standard InChI is InChI=1S/C23H29N3O4/c1-5-13-26-18-12-11-16(14-20(18)30-15-23(3,4)21(26)27)24-22(28)25-17-9-7-8-10-19(17)29-6-2/h7-12,14H,5-6,13,15H2,1-4H3,(H2,24,25,28). The Morgan fingerprint density at radius 1 is 1.17 bits per heavy atom. The third-order valence-corrected chi connectivity index (χ3v) is 4.80. The molecule has 3 rings (SSSR count). The number of nitrogens with one attached hydrogen (secondary N) is 2. The smallest absolute Gasteiger partial charge is 0.323 e. The molecular formula is C23H29N3O4. The Balaban J connectivity index is 1.79. The van der Waals surface area contributed by atoms with Crippen LogP contribution in [0.4, 0.5) is 21.9 Å². The van der Waals surface area contributed by atoms with E-state index in [4.69, 9.17) is 9.47 Å². The van der Waals surface area contributed by atoms with E-state index in [0.717, 1.165) is 12.1 Å². The van der Waals surface area contributed by atoms with Gasteiger partial charge in [-0.05, 0) is 51.5 Å². The molecular weight excluding hydrogens is 382 g/mol. The maximum atomic E-state index is 12.9. The van der Waals surface area contributed by atoms with Gasteiger partial charge < -0.3 is 25.0 Å². The molecule has 3 amide bonds. The zero-order valence-corrected chi connectivity index (χ0v) is 18.0. The van der Waals surface area contributed by atoms with Gasteiger partial charge in [-0.25, -0.2) is 4.79 Å². The predicted molar refractivity (Wildman–Crippen MR) is 119 cm³/mol. The van der Waals surface area contributed by atoms with Crippen molar-refractivity contribution in [2.24, 2.45) is 5.41 Å². The fourth-order valence-corrected chi connectivity index (χ4v) is 3.31. The molecule has 0 aromatic heterocycles. The van der Waals surface area contributed by atoms with E-state index in [-0.39, 0.29) is 12.5 Å². The van der Waals surface area contributed by atoms with E-state index < -0.39 is 11.4 Å². The zero-order valence-electron chi connectivity index (χ0n) is 18.0. The molecule has 30 heavy (non-hydrogen) atoms. The monoisotopic (exact) mass is 411 g/mol. The Kier molecular flexibility index (Phi) is 6.50. The second-order valence-corrected chi connectivity index (χ2v) is 7.82. The van der Waals surface area contributed by atoms with Gasteiger partial charge in [0.1, 0.15) is 18.1 Å². The van der Waals surface area contributed by atoms with E-state index in [2.05, 4.69) is 10.6 Å². The van der Waals surface area contributed by atoms with Crippen molar-refractivity contribution in [3.05, 3.63) is 42.5 Å². The molecule has 0 unspecified atom stereocenters. The summed E-state index contributed by atoms with van der Waals surface area (Å²) in [7, 11) is 0. The molecule has 1 aliphatic rings. The minimum absolute atomic E-state index is 0.0362. The van der Waals surface area contributed by atoms with Crippen LogP contribution in [-0.4, -0.2) is 31.7 Å². The Labute approximate surface area is 177 Å². The van der Waals surface area contributed by atoms with E-state index in [0.29, 0.717) is 36.0 Å². The van der Waals surface area contributed by atoms with E-state index >= 15 is 0 Å². The minimum Gasteiger partial charge on any atom is -0.492 e. The van der Waals surface area contributed by atoms with Crippen LogP contribution in [0.25, 0.3) is 0 Å². The van der Waals surface area contributed by atoms with Crippen LogP contribution in [0.2, 0.25) is 0 Å². The van der Waals surface area contributed by atoms with Gasteiger partial charge >= 0.3 is 6.03 Å². The van der Waals surface area contributed by atoms with E-state index in [9.17, 15) is 9.59 Å². The number of rotatable bonds is 6. The number of urea groups is 1. The van der Waals surface area contributed by atoms with Crippen molar-refractivity contribution in [1.82, 2.24) is 0 Å². The maximum Gasteiger partial charge on any atom is 0.323 e.